The van der Waals surface area contributed by atoms with Gasteiger partial charge < -0.3 is 5.32 Å². The van der Waals surface area contributed by atoms with Gasteiger partial charge in [-0.05, 0) is 44.0 Å². The third kappa shape index (κ3) is 2.50. The Morgan fingerprint density at radius 3 is 2.78 bits per heavy atom. The summed E-state index contributed by atoms with van der Waals surface area (Å²) in [5.41, 5.74) is 1.46. The predicted molar refractivity (Wildman–Crippen MR) is 67.7 cm³/mol. The Morgan fingerprint density at radius 1 is 1.44 bits per heavy atom. The Hall–Kier alpha value is -1.91. The highest BCUT2D eigenvalue weighted by atomic mass is 19.1. The Kier molecular flexibility index (Phi) is 3.32. The highest BCUT2D eigenvalue weighted by molar-refractivity contribution is 6.05. The molecule has 18 heavy (non-hydrogen) atoms. The smallest absolute Gasteiger partial charge is 0.256 e. The quantitative estimate of drug-likeness (QED) is 0.837. The number of guanidine groups is 1. The number of carbonyl (C=O) groups is 1. The zero-order chi connectivity index (χ0) is 13.3. The first kappa shape index (κ1) is 12.5. The lowest BCUT2D eigenvalue weighted by molar-refractivity contribution is -0.120. The molecule has 1 amide bonds. The van der Waals surface area contributed by atoms with Crippen molar-refractivity contribution in [1.29, 1.82) is 0 Å². The van der Waals surface area contributed by atoms with E-state index in [0.717, 1.165) is 11.1 Å². The fourth-order valence-electron chi connectivity index (χ4n) is 1.91. The molecule has 1 aromatic carbocycles. The van der Waals surface area contributed by atoms with E-state index in [1.54, 1.807) is 13.0 Å². The molecule has 4 nitrogen and oxygen atoms in total. The Morgan fingerprint density at radius 2 is 2.17 bits per heavy atom. The molecule has 1 unspecified atom stereocenters. The molecule has 0 bridgehead atoms. The van der Waals surface area contributed by atoms with Crippen molar-refractivity contribution in [2.45, 2.75) is 32.9 Å². The first-order valence-corrected chi connectivity index (χ1v) is 5.88. The molecule has 1 aliphatic heterocycles. The van der Waals surface area contributed by atoms with Crippen LogP contribution in [-0.2, 0) is 4.79 Å². The number of rotatable bonds is 2. The minimum atomic E-state index is -0.591. The van der Waals surface area contributed by atoms with Crippen LogP contribution < -0.4 is 10.6 Å². The number of nitrogens with one attached hydrogen (secondary N) is 2. The monoisotopic (exact) mass is 249 g/mol. The summed E-state index contributed by atoms with van der Waals surface area (Å²) in [6.07, 6.45) is 0. The Balaban J connectivity index is 2.27. The number of hydrogen-bond donors (Lipinski definition) is 2. The van der Waals surface area contributed by atoms with Gasteiger partial charge in [0.2, 0.25) is 0 Å². The maximum atomic E-state index is 13.0. The number of hydrogen-bond acceptors (Lipinski definition) is 3. The molecule has 0 aliphatic carbocycles. The van der Waals surface area contributed by atoms with Crippen molar-refractivity contribution in [2.24, 2.45) is 4.99 Å². The predicted octanol–water partition coefficient (Wildman–Crippen LogP) is 1.66. The normalized spacial score (nSPS) is 18.8. The van der Waals surface area contributed by atoms with Crippen molar-refractivity contribution in [1.82, 2.24) is 10.6 Å². The van der Waals surface area contributed by atoms with Crippen LogP contribution in [0.1, 0.15) is 31.0 Å². The van der Waals surface area contributed by atoms with Gasteiger partial charge in [-0.2, -0.15) is 0 Å². The van der Waals surface area contributed by atoms with Crippen LogP contribution >= 0.6 is 0 Å². The summed E-state index contributed by atoms with van der Waals surface area (Å²) in [5, 5.41) is 5.73. The van der Waals surface area contributed by atoms with Crippen LogP contribution in [0.3, 0.4) is 0 Å². The molecule has 0 aromatic heterocycles. The topological polar surface area (TPSA) is 53.5 Å². The summed E-state index contributed by atoms with van der Waals surface area (Å²) >= 11 is 0. The van der Waals surface area contributed by atoms with E-state index in [0.29, 0.717) is 5.96 Å². The highest BCUT2D eigenvalue weighted by Crippen LogP contribution is 2.24. The van der Waals surface area contributed by atoms with Gasteiger partial charge in [0.15, 0.2) is 12.0 Å². The first-order valence-electron chi connectivity index (χ1n) is 5.88. The lowest BCUT2D eigenvalue weighted by Gasteiger charge is -2.08. The summed E-state index contributed by atoms with van der Waals surface area (Å²) in [5.74, 6) is -0.0178. The second-order valence-corrected chi connectivity index (χ2v) is 4.67. The fourth-order valence-corrected chi connectivity index (χ4v) is 1.91. The van der Waals surface area contributed by atoms with Crippen molar-refractivity contribution >= 4 is 11.9 Å². The third-order valence-corrected chi connectivity index (χ3v) is 2.70. The lowest BCUT2D eigenvalue weighted by Crippen LogP contribution is -2.40. The van der Waals surface area contributed by atoms with E-state index in [4.69, 9.17) is 0 Å². The average molecular weight is 249 g/mol. The number of carbonyl (C=O) groups excluding carboxylic acids is 1. The molecule has 1 aromatic rings. The van der Waals surface area contributed by atoms with Gasteiger partial charge in [0.1, 0.15) is 5.82 Å². The highest BCUT2D eigenvalue weighted by Gasteiger charge is 2.29. The van der Waals surface area contributed by atoms with E-state index in [9.17, 15) is 9.18 Å². The SMILES string of the molecule is Cc1cc(F)ccc1C1N=C(NC(C)C)NC1=O. The van der Waals surface area contributed by atoms with Crippen molar-refractivity contribution in [3.63, 3.8) is 0 Å². The molecule has 0 spiro atoms. The van der Waals surface area contributed by atoms with Crippen molar-refractivity contribution in [3.8, 4) is 0 Å². The van der Waals surface area contributed by atoms with E-state index < -0.39 is 6.04 Å². The zero-order valence-electron chi connectivity index (χ0n) is 10.6. The second-order valence-electron chi connectivity index (χ2n) is 4.67. The fraction of sp³-hybridized carbons (Fsp3) is 0.385. The number of amides is 1. The zero-order valence-corrected chi connectivity index (χ0v) is 10.6. The van der Waals surface area contributed by atoms with Gasteiger partial charge in [-0.25, -0.2) is 9.38 Å². The molecule has 2 rings (SSSR count). The summed E-state index contributed by atoms with van der Waals surface area (Å²) in [6.45, 7) is 5.70. The number of aryl methyl sites for hydroxylation is 1. The van der Waals surface area contributed by atoms with Crippen LogP contribution in [0.5, 0.6) is 0 Å². The standard InChI is InChI=1S/C13H16FN3O/c1-7(2)15-13-16-11(12(18)17-13)10-5-4-9(14)6-8(10)3/h4-7,11H,1-3H3,(H2,15,16,17,18). The molecule has 5 heteroatoms. The molecule has 0 saturated carbocycles. The van der Waals surface area contributed by atoms with Crippen LogP contribution in [0.25, 0.3) is 0 Å². The molecule has 1 heterocycles. The molecular weight excluding hydrogens is 233 g/mol. The van der Waals surface area contributed by atoms with E-state index >= 15 is 0 Å². The lowest BCUT2D eigenvalue weighted by atomic mass is 10.0. The van der Waals surface area contributed by atoms with E-state index in [-0.39, 0.29) is 17.8 Å². The van der Waals surface area contributed by atoms with Gasteiger partial charge in [0.05, 0.1) is 0 Å². The van der Waals surface area contributed by atoms with Crippen molar-refractivity contribution < 1.29 is 9.18 Å². The minimum absolute atomic E-state index is 0.187. The maximum Gasteiger partial charge on any atom is 0.256 e. The molecule has 2 N–H and O–H groups in total. The largest absolute Gasteiger partial charge is 0.354 e. The molecular formula is C13H16FN3O. The minimum Gasteiger partial charge on any atom is -0.354 e. The van der Waals surface area contributed by atoms with Gasteiger partial charge in [0.25, 0.3) is 5.91 Å². The van der Waals surface area contributed by atoms with Crippen LogP contribution in [0, 0.1) is 12.7 Å². The summed E-state index contributed by atoms with van der Waals surface area (Å²) in [6, 6.07) is 3.96. The molecule has 0 saturated heterocycles. The van der Waals surface area contributed by atoms with E-state index in [1.165, 1.54) is 12.1 Å². The number of benzene rings is 1. The van der Waals surface area contributed by atoms with Crippen molar-refractivity contribution in [2.75, 3.05) is 0 Å². The summed E-state index contributed by atoms with van der Waals surface area (Å²) < 4.78 is 13.0. The maximum absolute atomic E-state index is 13.0. The average Bonchev–Trinajstić information content (AvgIpc) is 2.58. The van der Waals surface area contributed by atoms with Gasteiger partial charge in [-0.15, -0.1) is 0 Å². The molecule has 1 aliphatic rings. The van der Waals surface area contributed by atoms with Crippen LogP contribution in [0.4, 0.5) is 4.39 Å². The molecule has 0 fully saturated rings. The van der Waals surface area contributed by atoms with E-state index in [1.807, 2.05) is 13.8 Å². The van der Waals surface area contributed by atoms with Gasteiger partial charge in [-0.3, -0.25) is 10.1 Å². The van der Waals surface area contributed by atoms with Crippen molar-refractivity contribution in [3.05, 3.63) is 35.1 Å². The van der Waals surface area contributed by atoms with Gasteiger partial charge >= 0.3 is 0 Å². The number of halogens is 1. The first-order chi connectivity index (χ1) is 8.47. The summed E-state index contributed by atoms with van der Waals surface area (Å²) in [7, 11) is 0. The van der Waals surface area contributed by atoms with Gasteiger partial charge in [0, 0.05) is 6.04 Å². The molecule has 96 valence electrons. The molecule has 1 atom stereocenters. The molecule has 0 radical (unpaired) electrons. The number of aliphatic imine (C=N–C) groups is 1. The van der Waals surface area contributed by atoms with Crippen LogP contribution in [0.15, 0.2) is 23.2 Å². The van der Waals surface area contributed by atoms with Crippen LogP contribution in [0.2, 0.25) is 0 Å². The Labute approximate surface area is 105 Å². The Bertz CT molecular complexity index is 511. The van der Waals surface area contributed by atoms with Gasteiger partial charge in [-0.1, -0.05) is 6.07 Å². The third-order valence-electron chi connectivity index (χ3n) is 2.70. The number of nitrogens with zero attached hydrogens (tertiary/aromatic N) is 1. The van der Waals surface area contributed by atoms with E-state index in [2.05, 4.69) is 15.6 Å². The summed E-state index contributed by atoms with van der Waals surface area (Å²) in [4.78, 5) is 16.1. The van der Waals surface area contributed by atoms with Crippen LogP contribution in [-0.4, -0.2) is 17.9 Å². The second kappa shape index (κ2) is 4.76.